The van der Waals surface area contributed by atoms with Gasteiger partial charge in [0.25, 0.3) is 0 Å². The highest BCUT2D eigenvalue weighted by atomic mass is 19.1. The lowest BCUT2D eigenvalue weighted by Gasteiger charge is -2.35. The molecule has 1 amide bonds. The molecule has 2 rings (SSSR count). The summed E-state index contributed by atoms with van der Waals surface area (Å²) in [5.41, 5.74) is 0.917. The molecule has 1 aliphatic rings. The molecule has 0 heterocycles. The van der Waals surface area contributed by atoms with Crippen LogP contribution in [0.5, 0.6) is 0 Å². The predicted octanol–water partition coefficient (Wildman–Crippen LogP) is 3.83. The molecule has 0 bridgehead atoms. The largest absolute Gasteiger partial charge is 0.339 e. The van der Waals surface area contributed by atoms with Crippen LogP contribution in [0.15, 0.2) is 24.3 Å². The molecule has 23 heavy (non-hydrogen) atoms. The summed E-state index contributed by atoms with van der Waals surface area (Å²) in [4.78, 5) is 16.8. The number of carbonyl (C=O) groups excluding carboxylic acids is 1. The number of carbonyl (C=O) groups is 1. The van der Waals surface area contributed by atoms with Crippen molar-refractivity contribution in [3.8, 4) is 0 Å². The van der Waals surface area contributed by atoms with Crippen molar-refractivity contribution in [1.82, 2.24) is 9.80 Å². The molecule has 0 radical (unpaired) electrons. The summed E-state index contributed by atoms with van der Waals surface area (Å²) in [6.07, 6.45) is 6.03. The fraction of sp³-hybridized carbons (Fsp3) is 0.632. The normalized spacial score (nSPS) is 15.8. The van der Waals surface area contributed by atoms with Gasteiger partial charge in [-0.2, -0.15) is 0 Å². The van der Waals surface area contributed by atoms with Crippen LogP contribution >= 0.6 is 0 Å². The molecular formula is C19H29FN2O. The fourth-order valence-electron chi connectivity index (χ4n) is 3.49. The van der Waals surface area contributed by atoms with Crippen molar-refractivity contribution in [1.29, 1.82) is 0 Å². The summed E-state index contributed by atoms with van der Waals surface area (Å²) in [6.45, 7) is 6.70. The van der Waals surface area contributed by atoms with Gasteiger partial charge in [-0.25, -0.2) is 4.39 Å². The maximum atomic E-state index is 13.3. The number of rotatable bonds is 7. The second kappa shape index (κ2) is 9.02. The van der Waals surface area contributed by atoms with Gasteiger partial charge < -0.3 is 4.90 Å². The van der Waals surface area contributed by atoms with Crippen LogP contribution in [0.4, 0.5) is 4.39 Å². The maximum absolute atomic E-state index is 13.3. The first-order chi connectivity index (χ1) is 11.1. The number of halogens is 1. The van der Waals surface area contributed by atoms with Crippen LogP contribution in [0.3, 0.4) is 0 Å². The first kappa shape index (κ1) is 17.9. The molecule has 1 aromatic rings. The average Bonchev–Trinajstić information content (AvgIpc) is 2.56. The van der Waals surface area contributed by atoms with Crippen LogP contribution in [-0.4, -0.2) is 41.4 Å². The van der Waals surface area contributed by atoms with Gasteiger partial charge in [0.2, 0.25) is 5.91 Å². The zero-order chi connectivity index (χ0) is 16.7. The van der Waals surface area contributed by atoms with Crippen LogP contribution in [0.1, 0.15) is 51.5 Å². The zero-order valence-electron chi connectivity index (χ0n) is 14.4. The van der Waals surface area contributed by atoms with E-state index < -0.39 is 0 Å². The Morgan fingerprint density at radius 3 is 2.52 bits per heavy atom. The molecule has 0 atom stereocenters. The number of benzene rings is 1. The molecule has 0 aromatic heterocycles. The van der Waals surface area contributed by atoms with Crippen LogP contribution < -0.4 is 0 Å². The van der Waals surface area contributed by atoms with E-state index in [0.29, 0.717) is 19.1 Å². The molecule has 0 N–H and O–H groups in total. The minimum absolute atomic E-state index is 0.206. The number of likely N-dealkylation sites (N-methyl/N-ethyl adjacent to an activating group) is 2. The predicted molar refractivity (Wildman–Crippen MR) is 91.6 cm³/mol. The highest BCUT2D eigenvalue weighted by Crippen LogP contribution is 2.22. The van der Waals surface area contributed by atoms with Gasteiger partial charge in [0.15, 0.2) is 0 Å². The van der Waals surface area contributed by atoms with E-state index in [1.54, 1.807) is 12.1 Å². The number of hydrogen-bond donors (Lipinski definition) is 0. The molecule has 3 nitrogen and oxygen atoms in total. The maximum Gasteiger partial charge on any atom is 0.236 e. The Labute approximate surface area is 139 Å². The van der Waals surface area contributed by atoms with Gasteiger partial charge >= 0.3 is 0 Å². The lowest BCUT2D eigenvalue weighted by atomic mass is 9.94. The van der Waals surface area contributed by atoms with Crippen LogP contribution in [0.25, 0.3) is 0 Å². The van der Waals surface area contributed by atoms with Crippen molar-refractivity contribution in [3.05, 3.63) is 35.6 Å². The molecule has 1 saturated carbocycles. The molecule has 128 valence electrons. The van der Waals surface area contributed by atoms with Crippen molar-refractivity contribution >= 4 is 5.91 Å². The molecule has 0 saturated heterocycles. The Balaban J connectivity index is 1.94. The molecular weight excluding hydrogens is 291 g/mol. The lowest BCUT2D eigenvalue weighted by Crippen LogP contribution is -2.46. The average molecular weight is 320 g/mol. The van der Waals surface area contributed by atoms with Crippen molar-refractivity contribution in [3.63, 3.8) is 0 Å². The second-order valence-corrected chi connectivity index (χ2v) is 6.40. The standard InChI is InChI=1S/C19H29FN2O/c1-3-21(14-16-9-8-10-17(20)13-16)15-19(23)22(4-2)18-11-6-5-7-12-18/h8-10,13,18H,3-7,11-12,14-15H2,1-2H3. The Morgan fingerprint density at radius 1 is 1.17 bits per heavy atom. The van der Waals surface area contributed by atoms with Crippen LogP contribution in [0.2, 0.25) is 0 Å². The molecule has 0 aliphatic heterocycles. The lowest BCUT2D eigenvalue weighted by molar-refractivity contribution is -0.135. The van der Waals surface area contributed by atoms with E-state index in [-0.39, 0.29) is 11.7 Å². The summed E-state index contributed by atoms with van der Waals surface area (Å²) in [5.74, 6) is -0.0140. The Morgan fingerprint density at radius 2 is 1.91 bits per heavy atom. The third-order valence-electron chi connectivity index (χ3n) is 4.78. The third-order valence-corrected chi connectivity index (χ3v) is 4.78. The minimum atomic E-state index is -0.220. The summed E-state index contributed by atoms with van der Waals surface area (Å²) in [6, 6.07) is 7.04. The zero-order valence-corrected chi connectivity index (χ0v) is 14.4. The SMILES string of the molecule is CCN(CC(=O)N(CC)C1CCCCC1)Cc1cccc(F)c1. The summed E-state index contributed by atoms with van der Waals surface area (Å²) >= 11 is 0. The number of nitrogens with zero attached hydrogens (tertiary/aromatic N) is 2. The summed E-state index contributed by atoms with van der Waals surface area (Å²) in [7, 11) is 0. The van der Waals surface area contributed by atoms with E-state index >= 15 is 0 Å². The van der Waals surface area contributed by atoms with Gasteiger partial charge in [-0.05, 0) is 44.0 Å². The van der Waals surface area contributed by atoms with Gasteiger partial charge in [0, 0.05) is 19.1 Å². The second-order valence-electron chi connectivity index (χ2n) is 6.40. The Bertz CT molecular complexity index is 500. The van der Waals surface area contributed by atoms with Crippen molar-refractivity contribution in [2.45, 2.75) is 58.5 Å². The van der Waals surface area contributed by atoms with E-state index in [2.05, 4.69) is 11.8 Å². The first-order valence-electron chi connectivity index (χ1n) is 8.90. The Kier molecular flexibility index (Phi) is 7.03. The molecule has 1 aliphatic carbocycles. The highest BCUT2D eigenvalue weighted by Gasteiger charge is 2.25. The van der Waals surface area contributed by atoms with Gasteiger partial charge in [-0.15, -0.1) is 0 Å². The van der Waals surface area contributed by atoms with Crippen molar-refractivity contribution in [2.75, 3.05) is 19.6 Å². The highest BCUT2D eigenvalue weighted by molar-refractivity contribution is 5.78. The quantitative estimate of drug-likeness (QED) is 0.762. The van der Waals surface area contributed by atoms with Crippen LogP contribution in [0, 0.1) is 5.82 Å². The van der Waals surface area contributed by atoms with Crippen LogP contribution in [-0.2, 0) is 11.3 Å². The van der Waals surface area contributed by atoms with E-state index in [1.807, 2.05) is 17.9 Å². The van der Waals surface area contributed by atoms with E-state index in [9.17, 15) is 9.18 Å². The van der Waals surface area contributed by atoms with E-state index in [0.717, 1.165) is 31.5 Å². The van der Waals surface area contributed by atoms with E-state index in [1.165, 1.54) is 25.3 Å². The fourth-order valence-corrected chi connectivity index (χ4v) is 3.49. The molecule has 1 fully saturated rings. The van der Waals surface area contributed by atoms with Gasteiger partial charge in [0.1, 0.15) is 5.82 Å². The summed E-state index contributed by atoms with van der Waals surface area (Å²) < 4.78 is 13.3. The van der Waals surface area contributed by atoms with Gasteiger partial charge in [-0.1, -0.05) is 38.3 Å². The smallest absolute Gasteiger partial charge is 0.236 e. The molecule has 1 aromatic carbocycles. The third kappa shape index (κ3) is 5.31. The van der Waals surface area contributed by atoms with Crippen molar-refractivity contribution in [2.24, 2.45) is 0 Å². The monoisotopic (exact) mass is 320 g/mol. The summed E-state index contributed by atoms with van der Waals surface area (Å²) in [5, 5.41) is 0. The molecule has 4 heteroatoms. The topological polar surface area (TPSA) is 23.6 Å². The number of amides is 1. The van der Waals surface area contributed by atoms with Gasteiger partial charge in [0.05, 0.1) is 6.54 Å². The molecule has 0 spiro atoms. The first-order valence-corrected chi connectivity index (χ1v) is 8.90. The molecule has 0 unspecified atom stereocenters. The minimum Gasteiger partial charge on any atom is -0.339 e. The van der Waals surface area contributed by atoms with Crippen molar-refractivity contribution < 1.29 is 9.18 Å². The number of hydrogen-bond acceptors (Lipinski definition) is 2. The van der Waals surface area contributed by atoms with E-state index in [4.69, 9.17) is 0 Å². The van der Waals surface area contributed by atoms with Gasteiger partial charge in [-0.3, -0.25) is 9.69 Å². The Hall–Kier alpha value is -1.42.